The molecular weight excluding hydrogens is 285 g/mol. The third kappa shape index (κ3) is 5.61. The molecular formula is C13H19BrFNO. The van der Waals surface area contributed by atoms with Crippen molar-refractivity contribution in [2.24, 2.45) is 5.73 Å². The summed E-state index contributed by atoms with van der Waals surface area (Å²) < 4.78 is 19.9. The van der Waals surface area contributed by atoms with Gasteiger partial charge in [0.15, 0.2) is 0 Å². The van der Waals surface area contributed by atoms with Crippen LogP contribution in [0.1, 0.15) is 31.7 Å². The number of hydrogen-bond donors (Lipinski definition) is 1. The summed E-state index contributed by atoms with van der Waals surface area (Å²) in [7, 11) is 0. The van der Waals surface area contributed by atoms with Gasteiger partial charge < -0.3 is 10.5 Å². The summed E-state index contributed by atoms with van der Waals surface area (Å²) in [4.78, 5) is 0. The van der Waals surface area contributed by atoms with E-state index in [4.69, 9.17) is 10.5 Å². The number of unbranched alkanes of at least 4 members (excludes halogenated alkanes) is 1. The summed E-state index contributed by atoms with van der Waals surface area (Å²) in [5.74, 6) is -0.220. The lowest BCUT2D eigenvalue weighted by Gasteiger charge is -2.13. The Kier molecular flexibility index (Phi) is 6.70. The van der Waals surface area contributed by atoms with Gasteiger partial charge in [-0.05, 0) is 50.9 Å². The van der Waals surface area contributed by atoms with Gasteiger partial charge in [-0.2, -0.15) is 0 Å². The van der Waals surface area contributed by atoms with Crippen molar-refractivity contribution in [2.75, 3.05) is 6.54 Å². The lowest BCUT2D eigenvalue weighted by molar-refractivity contribution is 0.0445. The molecule has 96 valence electrons. The van der Waals surface area contributed by atoms with Gasteiger partial charge in [0.05, 0.1) is 12.7 Å². The number of halogens is 2. The Morgan fingerprint density at radius 1 is 1.41 bits per heavy atom. The Hall–Kier alpha value is -0.450. The molecule has 1 rings (SSSR count). The van der Waals surface area contributed by atoms with Gasteiger partial charge in [0.2, 0.25) is 0 Å². The maximum atomic E-state index is 13.4. The van der Waals surface area contributed by atoms with Crippen LogP contribution in [0.15, 0.2) is 22.7 Å². The maximum absolute atomic E-state index is 13.4. The van der Waals surface area contributed by atoms with Crippen LogP contribution in [0, 0.1) is 5.82 Å². The third-order valence-electron chi connectivity index (χ3n) is 2.60. The van der Waals surface area contributed by atoms with E-state index in [2.05, 4.69) is 15.9 Å². The van der Waals surface area contributed by atoms with Gasteiger partial charge in [-0.15, -0.1) is 0 Å². The molecule has 1 aromatic rings. The topological polar surface area (TPSA) is 35.2 Å². The molecule has 0 saturated heterocycles. The fourth-order valence-corrected chi connectivity index (χ4v) is 1.95. The van der Waals surface area contributed by atoms with Crippen molar-refractivity contribution in [3.63, 3.8) is 0 Å². The van der Waals surface area contributed by atoms with E-state index >= 15 is 0 Å². The highest BCUT2D eigenvalue weighted by atomic mass is 79.9. The Bertz CT molecular complexity index is 346. The fourth-order valence-electron chi connectivity index (χ4n) is 1.55. The first-order valence-electron chi connectivity index (χ1n) is 5.89. The fraction of sp³-hybridized carbons (Fsp3) is 0.538. The Morgan fingerprint density at radius 2 is 2.18 bits per heavy atom. The van der Waals surface area contributed by atoms with Crippen molar-refractivity contribution >= 4 is 15.9 Å². The molecule has 1 atom stereocenters. The van der Waals surface area contributed by atoms with E-state index in [0.717, 1.165) is 23.7 Å². The molecule has 2 N–H and O–H groups in total. The Morgan fingerprint density at radius 3 is 2.88 bits per heavy atom. The van der Waals surface area contributed by atoms with Gasteiger partial charge >= 0.3 is 0 Å². The van der Waals surface area contributed by atoms with Crippen LogP contribution < -0.4 is 5.73 Å². The lowest BCUT2D eigenvalue weighted by Crippen LogP contribution is -2.10. The highest BCUT2D eigenvalue weighted by Gasteiger charge is 2.06. The Labute approximate surface area is 110 Å². The van der Waals surface area contributed by atoms with E-state index in [0.29, 0.717) is 18.7 Å². The molecule has 0 aliphatic heterocycles. The lowest BCUT2D eigenvalue weighted by atomic mass is 10.1. The smallest absolute Gasteiger partial charge is 0.128 e. The van der Waals surface area contributed by atoms with Crippen LogP contribution in [0.2, 0.25) is 0 Å². The van der Waals surface area contributed by atoms with Gasteiger partial charge in [0, 0.05) is 10.0 Å². The van der Waals surface area contributed by atoms with Gasteiger partial charge in [-0.25, -0.2) is 4.39 Å². The summed E-state index contributed by atoms with van der Waals surface area (Å²) in [6, 6.07) is 4.88. The highest BCUT2D eigenvalue weighted by Crippen LogP contribution is 2.17. The monoisotopic (exact) mass is 303 g/mol. The molecule has 17 heavy (non-hydrogen) atoms. The quantitative estimate of drug-likeness (QED) is 0.781. The van der Waals surface area contributed by atoms with Crippen molar-refractivity contribution in [3.8, 4) is 0 Å². The normalized spacial score (nSPS) is 12.7. The molecule has 0 aliphatic carbocycles. The zero-order valence-electron chi connectivity index (χ0n) is 10.1. The third-order valence-corrected chi connectivity index (χ3v) is 3.09. The number of nitrogens with two attached hydrogens (primary N) is 1. The molecule has 0 aliphatic rings. The molecule has 0 fully saturated rings. The van der Waals surface area contributed by atoms with Crippen LogP contribution in [0.4, 0.5) is 4.39 Å². The molecule has 0 heterocycles. The molecule has 0 spiro atoms. The minimum absolute atomic E-state index is 0.139. The second kappa shape index (κ2) is 7.80. The average Bonchev–Trinajstić information content (AvgIpc) is 2.31. The average molecular weight is 304 g/mol. The standard InChI is InChI=1S/C13H19BrFNO/c1-10(4-2-3-7-16)17-9-11-8-12(14)5-6-13(11)15/h5-6,8,10H,2-4,7,9,16H2,1H3. The summed E-state index contributed by atoms with van der Waals surface area (Å²) in [5.41, 5.74) is 6.01. The highest BCUT2D eigenvalue weighted by molar-refractivity contribution is 9.10. The molecule has 0 amide bonds. The van der Waals surface area contributed by atoms with E-state index in [1.807, 2.05) is 6.92 Å². The van der Waals surface area contributed by atoms with E-state index in [-0.39, 0.29) is 11.9 Å². The van der Waals surface area contributed by atoms with Crippen LogP contribution >= 0.6 is 15.9 Å². The molecule has 2 nitrogen and oxygen atoms in total. The SMILES string of the molecule is CC(CCCCN)OCc1cc(Br)ccc1F. The maximum Gasteiger partial charge on any atom is 0.128 e. The molecule has 0 radical (unpaired) electrons. The van der Waals surface area contributed by atoms with Crippen molar-refractivity contribution in [1.29, 1.82) is 0 Å². The van der Waals surface area contributed by atoms with Crippen LogP contribution in [-0.2, 0) is 11.3 Å². The first-order chi connectivity index (χ1) is 8.13. The summed E-state index contributed by atoms with van der Waals surface area (Å²) >= 11 is 3.32. The summed E-state index contributed by atoms with van der Waals surface area (Å²) in [5, 5.41) is 0. The van der Waals surface area contributed by atoms with Crippen molar-refractivity contribution in [2.45, 2.75) is 38.9 Å². The van der Waals surface area contributed by atoms with Crippen LogP contribution in [0.25, 0.3) is 0 Å². The van der Waals surface area contributed by atoms with E-state index in [1.165, 1.54) is 6.07 Å². The number of rotatable bonds is 7. The molecule has 4 heteroatoms. The van der Waals surface area contributed by atoms with Crippen LogP contribution in [0.3, 0.4) is 0 Å². The van der Waals surface area contributed by atoms with Gasteiger partial charge in [-0.1, -0.05) is 15.9 Å². The molecule has 0 saturated carbocycles. The van der Waals surface area contributed by atoms with Crippen molar-refractivity contribution < 1.29 is 9.13 Å². The van der Waals surface area contributed by atoms with E-state index in [9.17, 15) is 4.39 Å². The van der Waals surface area contributed by atoms with Crippen molar-refractivity contribution in [1.82, 2.24) is 0 Å². The summed E-state index contributed by atoms with van der Waals surface area (Å²) in [6.45, 7) is 3.04. The predicted molar refractivity (Wildman–Crippen MR) is 71.3 cm³/mol. The summed E-state index contributed by atoms with van der Waals surface area (Å²) in [6.07, 6.45) is 3.17. The van der Waals surface area contributed by atoms with E-state index in [1.54, 1.807) is 12.1 Å². The first-order valence-corrected chi connectivity index (χ1v) is 6.68. The van der Waals surface area contributed by atoms with Gasteiger partial charge in [0.25, 0.3) is 0 Å². The van der Waals surface area contributed by atoms with E-state index < -0.39 is 0 Å². The number of ether oxygens (including phenoxy) is 1. The second-order valence-electron chi connectivity index (χ2n) is 4.14. The number of hydrogen-bond acceptors (Lipinski definition) is 2. The van der Waals surface area contributed by atoms with Gasteiger partial charge in [-0.3, -0.25) is 0 Å². The minimum Gasteiger partial charge on any atom is -0.374 e. The second-order valence-corrected chi connectivity index (χ2v) is 5.06. The molecule has 1 unspecified atom stereocenters. The Balaban J connectivity index is 2.36. The predicted octanol–water partition coefficient (Wildman–Crippen LogP) is 3.62. The van der Waals surface area contributed by atoms with Crippen LogP contribution in [0.5, 0.6) is 0 Å². The molecule has 0 bridgehead atoms. The first kappa shape index (κ1) is 14.6. The zero-order chi connectivity index (χ0) is 12.7. The van der Waals surface area contributed by atoms with Crippen molar-refractivity contribution in [3.05, 3.63) is 34.1 Å². The van der Waals surface area contributed by atoms with Gasteiger partial charge in [0.1, 0.15) is 5.82 Å². The minimum atomic E-state index is -0.220. The zero-order valence-corrected chi connectivity index (χ0v) is 11.7. The molecule has 0 aromatic heterocycles. The van der Waals surface area contributed by atoms with Crippen LogP contribution in [-0.4, -0.2) is 12.6 Å². The number of benzene rings is 1. The molecule has 1 aromatic carbocycles. The largest absolute Gasteiger partial charge is 0.374 e.